The monoisotopic (exact) mass is 200 g/mol. The third-order valence-electron chi connectivity index (χ3n) is 1.57. The number of hydrogen-bond donors (Lipinski definition) is 1. The molecule has 1 rings (SSSR count). The molecule has 0 fully saturated rings. The maximum absolute atomic E-state index is 11.3. The first-order valence-corrected chi connectivity index (χ1v) is 4.49. The van der Waals surface area contributed by atoms with Crippen LogP contribution in [0.1, 0.15) is 23.7 Å². The second-order valence-electron chi connectivity index (χ2n) is 2.44. The van der Waals surface area contributed by atoms with Crippen molar-refractivity contribution in [2.45, 2.75) is 18.2 Å². The Morgan fingerprint density at radius 2 is 2.25 bits per heavy atom. The van der Waals surface area contributed by atoms with Gasteiger partial charge in [0.25, 0.3) is 0 Å². The minimum Gasteiger partial charge on any atom is -0.294 e. The first-order valence-electron chi connectivity index (χ1n) is 3.67. The normalized spacial score (nSPS) is 9.92. The lowest BCUT2D eigenvalue weighted by Gasteiger charge is -2.01. The molecule has 1 aromatic carbocycles. The molecule has 1 aromatic rings. The second-order valence-corrected chi connectivity index (χ2v) is 3.36. The average molecular weight is 201 g/mol. The summed E-state index contributed by atoms with van der Waals surface area (Å²) in [5.74, 6) is 0.0518. The number of rotatable bonds is 2. The van der Waals surface area contributed by atoms with Gasteiger partial charge in [-0.05, 0) is 18.2 Å². The molecule has 0 unspecified atom stereocenters. The van der Waals surface area contributed by atoms with Gasteiger partial charge in [0.15, 0.2) is 5.78 Å². The van der Waals surface area contributed by atoms with Crippen LogP contribution >= 0.6 is 24.2 Å². The number of carbonyl (C=O) groups excluding carboxylic acids is 1. The molecule has 0 atom stereocenters. The van der Waals surface area contributed by atoms with Gasteiger partial charge < -0.3 is 0 Å². The van der Waals surface area contributed by atoms with Crippen LogP contribution in [0.4, 0.5) is 0 Å². The van der Waals surface area contributed by atoms with Gasteiger partial charge in [-0.15, -0.1) is 12.6 Å². The van der Waals surface area contributed by atoms with E-state index in [0.717, 1.165) is 4.90 Å². The Morgan fingerprint density at radius 3 is 2.83 bits per heavy atom. The molecule has 0 saturated carbocycles. The molecule has 0 bridgehead atoms. The smallest absolute Gasteiger partial charge is 0.164 e. The number of halogens is 1. The van der Waals surface area contributed by atoms with Crippen molar-refractivity contribution in [2.24, 2.45) is 0 Å². The minimum absolute atomic E-state index is 0.0518. The fourth-order valence-electron chi connectivity index (χ4n) is 0.917. The largest absolute Gasteiger partial charge is 0.294 e. The summed E-state index contributed by atoms with van der Waals surface area (Å²) in [5, 5.41) is 0.500. The van der Waals surface area contributed by atoms with Crippen molar-refractivity contribution in [3.05, 3.63) is 28.8 Å². The number of benzene rings is 1. The molecule has 0 spiro atoms. The number of carbonyl (C=O) groups is 1. The molecule has 0 saturated heterocycles. The van der Waals surface area contributed by atoms with E-state index in [0.29, 0.717) is 17.0 Å². The van der Waals surface area contributed by atoms with E-state index in [-0.39, 0.29) is 5.78 Å². The Labute approximate surface area is 82.1 Å². The second kappa shape index (κ2) is 3.97. The predicted octanol–water partition coefficient (Wildman–Crippen LogP) is 3.22. The fraction of sp³-hybridized carbons (Fsp3) is 0.222. The Morgan fingerprint density at radius 1 is 1.58 bits per heavy atom. The van der Waals surface area contributed by atoms with Crippen LogP contribution in [0.5, 0.6) is 0 Å². The molecule has 0 aliphatic carbocycles. The van der Waals surface area contributed by atoms with Gasteiger partial charge in [-0.2, -0.15) is 0 Å². The summed E-state index contributed by atoms with van der Waals surface area (Å²) in [6.45, 7) is 1.81. The van der Waals surface area contributed by atoms with E-state index in [1.54, 1.807) is 18.2 Å². The summed E-state index contributed by atoms with van der Waals surface area (Å²) in [4.78, 5) is 12.0. The molecule has 64 valence electrons. The lowest BCUT2D eigenvalue weighted by Crippen LogP contribution is -1.97. The van der Waals surface area contributed by atoms with Crippen molar-refractivity contribution in [2.75, 3.05) is 0 Å². The van der Waals surface area contributed by atoms with Crippen LogP contribution in [0, 0.1) is 0 Å². The van der Waals surface area contributed by atoms with Crippen LogP contribution in [0.3, 0.4) is 0 Å². The van der Waals surface area contributed by atoms with Crippen LogP contribution in [0.25, 0.3) is 0 Å². The van der Waals surface area contributed by atoms with Crippen LogP contribution < -0.4 is 0 Å². The first-order chi connectivity index (χ1) is 5.65. The molecular formula is C9H9ClOS. The standard InChI is InChI=1S/C9H9ClOS/c1-2-9(11)7-5-6(12)3-4-8(7)10/h3-5,12H,2H2,1H3. The molecule has 3 heteroatoms. The van der Waals surface area contributed by atoms with Gasteiger partial charge in [0.1, 0.15) is 0 Å². The predicted molar refractivity (Wildman–Crippen MR) is 53.3 cm³/mol. The summed E-state index contributed by atoms with van der Waals surface area (Å²) in [5.41, 5.74) is 0.562. The Hall–Kier alpha value is -0.470. The SMILES string of the molecule is CCC(=O)c1cc(S)ccc1Cl. The van der Waals surface area contributed by atoms with E-state index < -0.39 is 0 Å². The van der Waals surface area contributed by atoms with Gasteiger partial charge in [-0.25, -0.2) is 0 Å². The van der Waals surface area contributed by atoms with Gasteiger partial charge in [0, 0.05) is 16.9 Å². The maximum atomic E-state index is 11.3. The summed E-state index contributed by atoms with van der Waals surface area (Å²) in [7, 11) is 0. The van der Waals surface area contributed by atoms with Crippen LogP contribution in [-0.4, -0.2) is 5.78 Å². The van der Waals surface area contributed by atoms with E-state index in [2.05, 4.69) is 12.6 Å². The molecule has 0 heterocycles. The number of ketones is 1. The molecule has 0 N–H and O–H groups in total. The van der Waals surface area contributed by atoms with Gasteiger partial charge in [0.05, 0.1) is 5.02 Å². The van der Waals surface area contributed by atoms with Crippen molar-refractivity contribution in [3.8, 4) is 0 Å². The zero-order chi connectivity index (χ0) is 9.14. The summed E-state index contributed by atoms with van der Waals surface area (Å²) in [6, 6.07) is 5.14. The Bertz CT molecular complexity index is 309. The zero-order valence-corrected chi connectivity index (χ0v) is 8.32. The van der Waals surface area contributed by atoms with Crippen molar-refractivity contribution in [1.82, 2.24) is 0 Å². The van der Waals surface area contributed by atoms with E-state index in [1.165, 1.54) is 0 Å². The molecule has 1 nitrogen and oxygen atoms in total. The third kappa shape index (κ3) is 2.02. The zero-order valence-electron chi connectivity index (χ0n) is 6.67. The molecule has 0 radical (unpaired) electrons. The number of thiol groups is 1. The van der Waals surface area contributed by atoms with Gasteiger partial charge in [-0.1, -0.05) is 18.5 Å². The van der Waals surface area contributed by atoms with Crippen molar-refractivity contribution in [3.63, 3.8) is 0 Å². The Kier molecular flexibility index (Phi) is 3.18. The van der Waals surface area contributed by atoms with Crippen LogP contribution in [0.15, 0.2) is 23.1 Å². The maximum Gasteiger partial charge on any atom is 0.164 e. The third-order valence-corrected chi connectivity index (χ3v) is 2.18. The van der Waals surface area contributed by atoms with Crippen LogP contribution in [-0.2, 0) is 0 Å². The molecule has 0 aliphatic heterocycles. The van der Waals surface area contributed by atoms with E-state index in [9.17, 15) is 4.79 Å². The summed E-state index contributed by atoms with van der Waals surface area (Å²) in [6.07, 6.45) is 0.469. The van der Waals surface area contributed by atoms with Crippen molar-refractivity contribution < 1.29 is 4.79 Å². The fourth-order valence-corrected chi connectivity index (χ4v) is 1.34. The van der Waals surface area contributed by atoms with Crippen molar-refractivity contribution in [1.29, 1.82) is 0 Å². The van der Waals surface area contributed by atoms with E-state index >= 15 is 0 Å². The highest BCUT2D eigenvalue weighted by Crippen LogP contribution is 2.20. The molecule has 0 aliphatic rings. The van der Waals surface area contributed by atoms with E-state index in [4.69, 9.17) is 11.6 Å². The molecular weight excluding hydrogens is 192 g/mol. The average Bonchev–Trinajstić information content (AvgIpc) is 2.08. The Balaban J connectivity index is 3.13. The van der Waals surface area contributed by atoms with Crippen LogP contribution in [0.2, 0.25) is 5.02 Å². The summed E-state index contributed by atoms with van der Waals surface area (Å²) < 4.78 is 0. The minimum atomic E-state index is 0.0518. The number of hydrogen-bond acceptors (Lipinski definition) is 2. The number of Topliss-reactive ketones (excluding diaryl/α,β-unsaturated/α-hetero) is 1. The van der Waals surface area contributed by atoms with Gasteiger partial charge >= 0.3 is 0 Å². The highest BCUT2D eigenvalue weighted by atomic mass is 35.5. The highest BCUT2D eigenvalue weighted by Gasteiger charge is 2.07. The van der Waals surface area contributed by atoms with E-state index in [1.807, 2.05) is 6.92 Å². The first kappa shape index (κ1) is 9.62. The summed E-state index contributed by atoms with van der Waals surface area (Å²) >= 11 is 9.94. The molecule has 12 heavy (non-hydrogen) atoms. The molecule has 0 amide bonds. The highest BCUT2D eigenvalue weighted by molar-refractivity contribution is 7.80. The quantitative estimate of drug-likeness (QED) is 0.573. The van der Waals surface area contributed by atoms with Gasteiger partial charge in [-0.3, -0.25) is 4.79 Å². The van der Waals surface area contributed by atoms with Crippen molar-refractivity contribution >= 4 is 30.0 Å². The lowest BCUT2D eigenvalue weighted by atomic mass is 10.1. The van der Waals surface area contributed by atoms with Gasteiger partial charge in [0.2, 0.25) is 0 Å². The molecule has 0 aromatic heterocycles. The lowest BCUT2D eigenvalue weighted by molar-refractivity contribution is 0.0988. The topological polar surface area (TPSA) is 17.1 Å².